The van der Waals surface area contributed by atoms with Crippen molar-refractivity contribution in [1.82, 2.24) is 20.5 Å². The van der Waals surface area contributed by atoms with Crippen molar-refractivity contribution in [3.63, 3.8) is 0 Å². The monoisotopic (exact) mass is 468 g/mol. The molecule has 1 unspecified atom stereocenters. The van der Waals surface area contributed by atoms with Crippen molar-refractivity contribution in [2.24, 2.45) is 11.3 Å². The number of H-pyrrole nitrogens is 1. The van der Waals surface area contributed by atoms with Crippen LogP contribution in [-0.4, -0.2) is 60.6 Å². The van der Waals surface area contributed by atoms with Crippen molar-refractivity contribution in [1.29, 1.82) is 0 Å². The molecule has 4 rings (SSSR count). The van der Waals surface area contributed by atoms with Crippen molar-refractivity contribution in [2.45, 2.75) is 71.0 Å². The lowest BCUT2D eigenvalue weighted by molar-refractivity contribution is -0.140. The zero-order valence-electron chi connectivity index (χ0n) is 21.0. The van der Waals surface area contributed by atoms with Crippen molar-refractivity contribution in [2.75, 3.05) is 26.8 Å². The second-order valence-electron chi connectivity index (χ2n) is 10.9. The summed E-state index contributed by atoms with van der Waals surface area (Å²) in [5.74, 6) is 0.0924. The van der Waals surface area contributed by atoms with Gasteiger partial charge in [0.25, 0.3) is 0 Å². The molecule has 1 saturated heterocycles. The fraction of sp³-hybridized carbons (Fsp3) is 0.630. The molecule has 2 fully saturated rings. The Morgan fingerprint density at radius 1 is 1.21 bits per heavy atom. The maximum absolute atomic E-state index is 14.0. The average molecular weight is 469 g/mol. The number of carbonyl (C=O) groups is 2. The summed E-state index contributed by atoms with van der Waals surface area (Å²) in [4.78, 5) is 32.2. The summed E-state index contributed by atoms with van der Waals surface area (Å²) in [5, 5.41) is 7.74. The van der Waals surface area contributed by atoms with Crippen LogP contribution in [0.2, 0.25) is 0 Å². The third kappa shape index (κ3) is 5.63. The number of carbonyl (C=O) groups excluding carboxylic acids is 2. The number of hydrogen-bond donors (Lipinski definition) is 3. The topological polar surface area (TPSA) is 86.5 Å². The van der Waals surface area contributed by atoms with E-state index in [0.29, 0.717) is 32.2 Å². The molecule has 1 aromatic heterocycles. The molecule has 1 aliphatic carbocycles. The zero-order chi connectivity index (χ0) is 24.3. The van der Waals surface area contributed by atoms with Crippen LogP contribution in [0.15, 0.2) is 30.5 Å². The number of fused-ring (bicyclic) bond motifs is 1. The Bertz CT molecular complexity index is 991. The van der Waals surface area contributed by atoms with Gasteiger partial charge in [0.2, 0.25) is 11.8 Å². The van der Waals surface area contributed by atoms with E-state index in [1.165, 1.54) is 10.9 Å². The van der Waals surface area contributed by atoms with Crippen molar-refractivity contribution < 1.29 is 14.3 Å². The van der Waals surface area contributed by atoms with Gasteiger partial charge < -0.3 is 25.3 Å². The number of nitrogens with one attached hydrogen (secondary N) is 3. The van der Waals surface area contributed by atoms with Crippen LogP contribution >= 0.6 is 0 Å². The van der Waals surface area contributed by atoms with Gasteiger partial charge in [0, 0.05) is 61.4 Å². The highest BCUT2D eigenvalue weighted by Gasteiger charge is 2.42. The van der Waals surface area contributed by atoms with Gasteiger partial charge in [-0.3, -0.25) is 9.59 Å². The van der Waals surface area contributed by atoms with Gasteiger partial charge in [-0.2, -0.15) is 0 Å². The highest BCUT2D eigenvalue weighted by Crippen LogP contribution is 2.40. The zero-order valence-corrected chi connectivity index (χ0v) is 21.0. The minimum Gasteiger partial charge on any atom is -0.385 e. The first-order valence-corrected chi connectivity index (χ1v) is 12.7. The largest absolute Gasteiger partial charge is 0.385 e. The quantitative estimate of drug-likeness (QED) is 0.489. The van der Waals surface area contributed by atoms with E-state index in [4.69, 9.17) is 4.74 Å². The van der Waals surface area contributed by atoms with Crippen LogP contribution in [0.4, 0.5) is 0 Å². The maximum Gasteiger partial charge on any atom is 0.227 e. The predicted octanol–water partition coefficient (Wildman–Crippen LogP) is 3.77. The van der Waals surface area contributed by atoms with E-state index in [-0.39, 0.29) is 29.8 Å². The third-order valence-electron chi connectivity index (χ3n) is 7.05. The number of nitrogens with zero attached hydrogens (tertiary/aromatic N) is 1. The van der Waals surface area contributed by atoms with E-state index in [1.54, 1.807) is 7.11 Å². The average Bonchev–Trinajstić information content (AvgIpc) is 3.56. The molecule has 7 heteroatoms. The number of piperidine rings is 1. The second kappa shape index (κ2) is 10.5. The Morgan fingerprint density at radius 3 is 2.68 bits per heavy atom. The smallest absolute Gasteiger partial charge is 0.227 e. The lowest BCUT2D eigenvalue weighted by Crippen LogP contribution is -2.54. The predicted molar refractivity (Wildman–Crippen MR) is 134 cm³/mol. The van der Waals surface area contributed by atoms with Crippen LogP contribution in [0.3, 0.4) is 0 Å². The molecule has 186 valence electrons. The first kappa shape index (κ1) is 24.7. The fourth-order valence-corrected chi connectivity index (χ4v) is 5.03. The van der Waals surface area contributed by atoms with Crippen LogP contribution in [0.1, 0.15) is 64.5 Å². The molecule has 0 bridgehead atoms. The molecule has 0 radical (unpaired) electrons. The first-order chi connectivity index (χ1) is 16.3. The van der Waals surface area contributed by atoms with Crippen LogP contribution in [-0.2, 0) is 14.3 Å². The minimum atomic E-state index is -0.446. The van der Waals surface area contributed by atoms with Gasteiger partial charge in [0.15, 0.2) is 0 Å². The van der Waals surface area contributed by atoms with Gasteiger partial charge in [-0.05, 0) is 43.7 Å². The second-order valence-corrected chi connectivity index (χ2v) is 10.9. The number of para-hydroxylation sites is 1. The number of benzene rings is 1. The number of amides is 2. The molecule has 2 heterocycles. The van der Waals surface area contributed by atoms with E-state index >= 15 is 0 Å². The van der Waals surface area contributed by atoms with Crippen LogP contribution in [0.25, 0.3) is 10.9 Å². The van der Waals surface area contributed by atoms with Gasteiger partial charge in [-0.15, -0.1) is 0 Å². The number of aromatic nitrogens is 1. The Hall–Kier alpha value is -2.38. The van der Waals surface area contributed by atoms with Crippen LogP contribution in [0.5, 0.6) is 0 Å². The molecule has 3 atom stereocenters. The van der Waals surface area contributed by atoms with Gasteiger partial charge in [0.05, 0.1) is 12.0 Å². The molecule has 1 aliphatic heterocycles. The maximum atomic E-state index is 14.0. The van der Waals surface area contributed by atoms with E-state index in [0.717, 1.165) is 31.2 Å². The number of ether oxygens (including phenoxy) is 1. The lowest BCUT2D eigenvalue weighted by Gasteiger charge is -2.38. The summed E-state index contributed by atoms with van der Waals surface area (Å²) >= 11 is 0. The van der Waals surface area contributed by atoms with Crippen molar-refractivity contribution in [3.8, 4) is 0 Å². The minimum absolute atomic E-state index is 0.0100. The summed E-state index contributed by atoms with van der Waals surface area (Å²) in [5.41, 5.74) is 1.84. The molecule has 2 aromatic rings. The molecule has 1 saturated carbocycles. The lowest BCUT2D eigenvalue weighted by atomic mass is 9.90. The van der Waals surface area contributed by atoms with Crippen LogP contribution in [0, 0.1) is 11.3 Å². The fourth-order valence-electron chi connectivity index (χ4n) is 5.03. The standard InChI is InChI=1S/C27H40N4O3/c1-27(2,3)26(33)30-19-14-18(15-28-16-19)25(32)31(20-11-12-20)24(10-7-13-34-4)22-17-29-23-9-6-5-8-21(22)23/h5-6,8-9,17-20,24,28-29H,7,10-16H2,1-4H3,(H,30,33)/t18-,19+,24?/m0/s1. The van der Waals surface area contributed by atoms with Gasteiger partial charge in [-0.25, -0.2) is 0 Å². The Kier molecular flexibility index (Phi) is 7.63. The van der Waals surface area contributed by atoms with E-state index in [9.17, 15) is 9.59 Å². The Balaban J connectivity index is 1.56. The number of hydrogen-bond acceptors (Lipinski definition) is 4. The van der Waals surface area contributed by atoms with E-state index in [2.05, 4.69) is 44.9 Å². The number of methoxy groups -OCH3 is 1. The summed E-state index contributed by atoms with van der Waals surface area (Å²) < 4.78 is 5.35. The summed E-state index contributed by atoms with van der Waals surface area (Å²) in [6.07, 6.45) is 6.62. The molecule has 2 amide bonds. The summed E-state index contributed by atoms with van der Waals surface area (Å²) in [7, 11) is 1.73. The summed E-state index contributed by atoms with van der Waals surface area (Å²) in [6, 6.07) is 8.58. The van der Waals surface area contributed by atoms with Gasteiger partial charge >= 0.3 is 0 Å². The molecule has 3 N–H and O–H groups in total. The molecular formula is C27H40N4O3. The number of rotatable bonds is 9. The SMILES string of the molecule is COCCCC(c1c[nH]c2ccccc12)N(C(=O)[C@@H]1CNC[C@H](NC(=O)C(C)(C)C)C1)C1CC1. The van der Waals surface area contributed by atoms with E-state index < -0.39 is 5.41 Å². The van der Waals surface area contributed by atoms with Crippen molar-refractivity contribution in [3.05, 3.63) is 36.0 Å². The Labute approximate surface area is 203 Å². The first-order valence-electron chi connectivity index (χ1n) is 12.7. The third-order valence-corrected chi connectivity index (χ3v) is 7.05. The molecule has 1 aromatic carbocycles. The molecular weight excluding hydrogens is 428 g/mol. The van der Waals surface area contributed by atoms with Crippen LogP contribution < -0.4 is 10.6 Å². The van der Waals surface area contributed by atoms with Gasteiger partial charge in [0.1, 0.15) is 0 Å². The normalized spacial score (nSPS) is 21.9. The van der Waals surface area contributed by atoms with Crippen molar-refractivity contribution >= 4 is 22.7 Å². The molecule has 7 nitrogen and oxygen atoms in total. The van der Waals surface area contributed by atoms with Gasteiger partial charge in [-0.1, -0.05) is 39.0 Å². The highest BCUT2D eigenvalue weighted by molar-refractivity contribution is 5.86. The Morgan fingerprint density at radius 2 is 1.97 bits per heavy atom. The van der Waals surface area contributed by atoms with E-state index in [1.807, 2.05) is 26.8 Å². The molecule has 0 spiro atoms. The number of aromatic amines is 1. The molecule has 2 aliphatic rings. The highest BCUT2D eigenvalue weighted by atomic mass is 16.5. The molecule has 34 heavy (non-hydrogen) atoms. The summed E-state index contributed by atoms with van der Waals surface area (Å²) in [6.45, 7) is 7.79.